The van der Waals surface area contributed by atoms with Gasteiger partial charge in [0, 0.05) is 22.9 Å². The Kier molecular flexibility index (Phi) is 5.01. The van der Waals surface area contributed by atoms with Crippen molar-refractivity contribution in [2.24, 2.45) is 5.73 Å². The minimum absolute atomic E-state index is 0.164. The summed E-state index contributed by atoms with van der Waals surface area (Å²) in [5.74, 6) is 0.958. The fourth-order valence-corrected chi connectivity index (χ4v) is 3.58. The minimum atomic E-state index is 0.164. The van der Waals surface area contributed by atoms with Gasteiger partial charge in [-0.05, 0) is 74.2 Å². The molecule has 4 nitrogen and oxygen atoms in total. The third kappa shape index (κ3) is 4.24. The van der Waals surface area contributed by atoms with Crippen molar-refractivity contribution in [3.05, 3.63) is 71.7 Å². The lowest BCUT2D eigenvalue weighted by atomic mass is 10.1. The largest absolute Gasteiger partial charge is 0.464 e. The quantitative estimate of drug-likeness (QED) is 0.496. The molecule has 0 amide bonds. The van der Waals surface area contributed by atoms with Crippen LogP contribution in [0.4, 0.5) is 0 Å². The second-order valence-electron chi connectivity index (χ2n) is 7.55. The average Bonchev–Trinajstić information content (AvgIpc) is 3.24. The van der Waals surface area contributed by atoms with Crippen LogP contribution < -0.4 is 11.1 Å². The summed E-state index contributed by atoms with van der Waals surface area (Å²) in [7, 11) is 0. The summed E-state index contributed by atoms with van der Waals surface area (Å²) in [4.78, 5) is 0. The standard InChI is InChI=1S/C23H26N2O2/c1-15(24)9-17-4-6-23-20(12-17)13-21(27-23)14-25-16(2)10-18-3-5-22-19(11-18)7-8-26-22/h3-8,11-13,15-16,25H,9-10,14,24H2,1-2H3. The predicted molar refractivity (Wildman–Crippen MR) is 110 cm³/mol. The molecule has 2 atom stereocenters. The molecule has 0 bridgehead atoms. The Hall–Kier alpha value is -2.56. The molecule has 4 heteroatoms. The first-order valence-corrected chi connectivity index (χ1v) is 9.53. The molecule has 0 saturated carbocycles. The number of hydrogen-bond acceptors (Lipinski definition) is 4. The van der Waals surface area contributed by atoms with Crippen molar-refractivity contribution in [1.29, 1.82) is 0 Å². The van der Waals surface area contributed by atoms with Crippen molar-refractivity contribution in [1.82, 2.24) is 5.32 Å². The molecule has 2 unspecified atom stereocenters. The van der Waals surface area contributed by atoms with E-state index in [0.29, 0.717) is 12.6 Å². The molecule has 2 aromatic heterocycles. The highest BCUT2D eigenvalue weighted by molar-refractivity contribution is 5.79. The first-order valence-electron chi connectivity index (χ1n) is 9.53. The Bertz CT molecular complexity index is 1040. The number of fused-ring (bicyclic) bond motifs is 2. The van der Waals surface area contributed by atoms with Gasteiger partial charge >= 0.3 is 0 Å². The first-order chi connectivity index (χ1) is 13.1. The molecule has 0 aliphatic heterocycles. The molecule has 4 rings (SSSR count). The number of rotatable bonds is 7. The summed E-state index contributed by atoms with van der Waals surface area (Å²) in [5.41, 5.74) is 10.3. The van der Waals surface area contributed by atoms with E-state index in [2.05, 4.69) is 42.6 Å². The molecule has 4 aromatic rings. The van der Waals surface area contributed by atoms with Crippen LogP contribution in [0.2, 0.25) is 0 Å². The fraction of sp³-hybridized carbons (Fsp3) is 0.304. The summed E-state index contributed by atoms with van der Waals surface area (Å²) in [6.07, 6.45) is 3.57. The number of hydrogen-bond donors (Lipinski definition) is 2. The van der Waals surface area contributed by atoms with Crippen molar-refractivity contribution in [2.75, 3.05) is 0 Å². The topological polar surface area (TPSA) is 64.3 Å². The van der Waals surface area contributed by atoms with E-state index in [4.69, 9.17) is 14.6 Å². The summed E-state index contributed by atoms with van der Waals surface area (Å²) in [6, 6.07) is 17.3. The van der Waals surface area contributed by atoms with E-state index in [1.165, 1.54) is 11.1 Å². The van der Waals surface area contributed by atoms with Gasteiger partial charge in [-0.1, -0.05) is 12.1 Å². The summed E-state index contributed by atoms with van der Waals surface area (Å²) >= 11 is 0. The lowest BCUT2D eigenvalue weighted by Gasteiger charge is -2.12. The zero-order chi connectivity index (χ0) is 18.8. The molecule has 0 radical (unpaired) electrons. The molecule has 3 N–H and O–H groups in total. The van der Waals surface area contributed by atoms with E-state index in [1.54, 1.807) is 6.26 Å². The van der Waals surface area contributed by atoms with Gasteiger partial charge in [-0.25, -0.2) is 0 Å². The van der Waals surface area contributed by atoms with Crippen molar-refractivity contribution < 1.29 is 8.83 Å². The van der Waals surface area contributed by atoms with Crippen LogP contribution in [0.3, 0.4) is 0 Å². The molecule has 2 heterocycles. The van der Waals surface area contributed by atoms with Gasteiger partial charge < -0.3 is 19.9 Å². The number of nitrogens with one attached hydrogen (secondary N) is 1. The summed E-state index contributed by atoms with van der Waals surface area (Å²) in [6.45, 7) is 4.94. The lowest BCUT2D eigenvalue weighted by molar-refractivity contribution is 0.473. The third-order valence-electron chi connectivity index (χ3n) is 4.87. The number of furan rings is 2. The molecule has 0 spiro atoms. The van der Waals surface area contributed by atoms with Crippen LogP contribution in [-0.4, -0.2) is 12.1 Å². The molecule has 27 heavy (non-hydrogen) atoms. The van der Waals surface area contributed by atoms with Crippen molar-refractivity contribution in [3.63, 3.8) is 0 Å². The molecular weight excluding hydrogens is 336 g/mol. The van der Waals surface area contributed by atoms with E-state index in [0.717, 1.165) is 40.5 Å². The molecule has 0 saturated heterocycles. The Morgan fingerprint density at radius 1 is 0.889 bits per heavy atom. The van der Waals surface area contributed by atoms with Crippen LogP contribution in [0.1, 0.15) is 30.7 Å². The smallest absolute Gasteiger partial charge is 0.134 e. The Labute approximate surface area is 159 Å². The van der Waals surface area contributed by atoms with Crippen molar-refractivity contribution >= 4 is 21.9 Å². The van der Waals surface area contributed by atoms with Crippen LogP contribution in [-0.2, 0) is 19.4 Å². The van der Waals surface area contributed by atoms with E-state index in [9.17, 15) is 0 Å². The predicted octanol–water partition coefficient (Wildman–Crippen LogP) is 4.79. The van der Waals surface area contributed by atoms with Crippen LogP contribution >= 0.6 is 0 Å². The Morgan fingerprint density at radius 2 is 1.63 bits per heavy atom. The maximum absolute atomic E-state index is 5.97. The van der Waals surface area contributed by atoms with E-state index in [1.807, 2.05) is 25.1 Å². The molecule has 140 valence electrons. The van der Waals surface area contributed by atoms with Gasteiger partial charge in [-0.15, -0.1) is 0 Å². The van der Waals surface area contributed by atoms with Crippen LogP contribution in [0.25, 0.3) is 21.9 Å². The molecule has 0 fully saturated rings. The fourth-order valence-electron chi connectivity index (χ4n) is 3.58. The van der Waals surface area contributed by atoms with Gasteiger partial charge in [0.05, 0.1) is 12.8 Å². The normalized spacial score (nSPS) is 14.0. The zero-order valence-electron chi connectivity index (χ0n) is 15.9. The first kappa shape index (κ1) is 17.8. The van der Waals surface area contributed by atoms with Crippen molar-refractivity contribution in [2.45, 2.75) is 45.3 Å². The summed E-state index contributed by atoms with van der Waals surface area (Å²) < 4.78 is 11.4. The highest BCUT2D eigenvalue weighted by Crippen LogP contribution is 2.22. The van der Waals surface area contributed by atoms with E-state index >= 15 is 0 Å². The van der Waals surface area contributed by atoms with E-state index in [-0.39, 0.29) is 6.04 Å². The molecule has 2 aromatic carbocycles. The van der Waals surface area contributed by atoms with Gasteiger partial charge in [0.25, 0.3) is 0 Å². The van der Waals surface area contributed by atoms with Crippen LogP contribution in [0.5, 0.6) is 0 Å². The third-order valence-corrected chi connectivity index (χ3v) is 4.87. The van der Waals surface area contributed by atoms with E-state index < -0.39 is 0 Å². The zero-order valence-corrected chi connectivity index (χ0v) is 15.9. The maximum atomic E-state index is 5.97. The number of nitrogens with two attached hydrogens (primary N) is 1. The van der Waals surface area contributed by atoms with Crippen LogP contribution in [0, 0.1) is 0 Å². The maximum Gasteiger partial charge on any atom is 0.134 e. The van der Waals surface area contributed by atoms with Crippen LogP contribution in [0.15, 0.2) is 63.6 Å². The van der Waals surface area contributed by atoms with Gasteiger partial charge in [-0.2, -0.15) is 0 Å². The average molecular weight is 362 g/mol. The molecule has 0 aliphatic rings. The van der Waals surface area contributed by atoms with Gasteiger partial charge in [0.1, 0.15) is 16.9 Å². The molecular formula is C23H26N2O2. The Morgan fingerprint density at radius 3 is 2.44 bits per heavy atom. The highest BCUT2D eigenvalue weighted by atomic mass is 16.3. The van der Waals surface area contributed by atoms with Crippen molar-refractivity contribution in [3.8, 4) is 0 Å². The second-order valence-corrected chi connectivity index (χ2v) is 7.55. The SMILES string of the molecule is CC(N)Cc1ccc2oc(CNC(C)Cc3ccc4occc4c3)cc2c1. The lowest BCUT2D eigenvalue weighted by Crippen LogP contribution is -2.27. The summed E-state index contributed by atoms with van der Waals surface area (Å²) in [5, 5.41) is 5.85. The Balaban J connectivity index is 1.38. The minimum Gasteiger partial charge on any atom is -0.464 e. The van der Waals surface area contributed by atoms with Gasteiger partial charge in [0.15, 0.2) is 0 Å². The van der Waals surface area contributed by atoms with Gasteiger partial charge in [-0.3, -0.25) is 0 Å². The highest BCUT2D eigenvalue weighted by Gasteiger charge is 2.09. The van der Waals surface area contributed by atoms with Gasteiger partial charge in [0.2, 0.25) is 0 Å². The monoisotopic (exact) mass is 362 g/mol. The number of benzene rings is 2. The second kappa shape index (κ2) is 7.59. The molecule has 0 aliphatic carbocycles.